The predicted molar refractivity (Wildman–Crippen MR) is 77.5 cm³/mol. The van der Waals surface area contributed by atoms with Gasteiger partial charge in [0.1, 0.15) is 17.3 Å². The van der Waals surface area contributed by atoms with E-state index in [4.69, 9.17) is 4.42 Å². The minimum absolute atomic E-state index is 0.171. The molecule has 19 heavy (non-hydrogen) atoms. The Morgan fingerprint density at radius 3 is 2.63 bits per heavy atom. The normalized spacial score (nSPS) is 12.7. The molecule has 2 aromatic rings. The summed E-state index contributed by atoms with van der Waals surface area (Å²) in [6.07, 6.45) is 0. The van der Waals surface area contributed by atoms with Gasteiger partial charge in [-0.2, -0.15) is 0 Å². The van der Waals surface area contributed by atoms with Crippen LogP contribution in [0.1, 0.15) is 35.6 Å². The number of halogens is 2. The molecular weight excluding hydrogens is 309 g/mol. The third-order valence-electron chi connectivity index (χ3n) is 3.14. The highest BCUT2D eigenvalue weighted by Crippen LogP contribution is 2.22. The molecule has 0 radical (unpaired) electrons. The summed E-state index contributed by atoms with van der Waals surface area (Å²) in [4.78, 5) is 0. The molecule has 1 aromatic heterocycles. The summed E-state index contributed by atoms with van der Waals surface area (Å²) in [6.45, 7) is 6.59. The summed E-state index contributed by atoms with van der Waals surface area (Å²) in [5, 5.41) is 3.37. The molecule has 1 unspecified atom stereocenters. The second kappa shape index (κ2) is 5.88. The number of benzene rings is 1. The van der Waals surface area contributed by atoms with E-state index in [1.165, 1.54) is 6.07 Å². The number of nitrogens with one attached hydrogen (secondary N) is 1. The third kappa shape index (κ3) is 3.45. The Morgan fingerprint density at radius 1 is 1.32 bits per heavy atom. The Labute approximate surface area is 121 Å². The number of hydrogen-bond donors (Lipinski definition) is 1. The van der Waals surface area contributed by atoms with Crippen molar-refractivity contribution in [2.45, 2.75) is 33.4 Å². The summed E-state index contributed by atoms with van der Waals surface area (Å²) in [5.74, 6) is 1.61. The van der Waals surface area contributed by atoms with Crippen molar-refractivity contribution in [1.29, 1.82) is 0 Å². The van der Waals surface area contributed by atoms with E-state index >= 15 is 0 Å². The highest BCUT2D eigenvalue weighted by atomic mass is 79.9. The van der Waals surface area contributed by atoms with E-state index in [9.17, 15) is 4.39 Å². The van der Waals surface area contributed by atoms with Crippen LogP contribution < -0.4 is 5.32 Å². The lowest BCUT2D eigenvalue weighted by Crippen LogP contribution is -2.18. The minimum Gasteiger partial charge on any atom is -0.466 e. The maximum absolute atomic E-state index is 13.4. The van der Waals surface area contributed by atoms with Crippen LogP contribution in [0.4, 0.5) is 4.39 Å². The number of hydrogen-bond acceptors (Lipinski definition) is 2. The van der Waals surface area contributed by atoms with Gasteiger partial charge in [0.25, 0.3) is 0 Å². The fourth-order valence-corrected chi connectivity index (χ4v) is 2.36. The lowest BCUT2D eigenvalue weighted by atomic mass is 10.1. The van der Waals surface area contributed by atoms with Crippen molar-refractivity contribution in [2.75, 3.05) is 0 Å². The zero-order chi connectivity index (χ0) is 14.0. The first kappa shape index (κ1) is 14.3. The quantitative estimate of drug-likeness (QED) is 0.885. The lowest BCUT2D eigenvalue weighted by molar-refractivity contribution is 0.489. The van der Waals surface area contributed by atoms with Crippen LogP contribution in [0.15, 0.2) is 33.2 Å². The Balaban J connectivity index is 2.02. The van der Waals surface area contributed by atoms with Gasteiger partial charge in [-0.05, 0) is 60.5 Å². The van der Waals surface area contributed by atoms with Crippen molar-refractivity contribution >= 4 is 15.9 Å². The largest absolute Gasteiger partial charge is 0.466 e. The highest BCUT2D eigenvalue weighted by molar-refractivity contribution is 9.10. The maximum atomic E-state index is 13.4. The zero-order valence-electron chi connectivity index (χ0n) is 11.3. The van der Waals surface area contributed by atoms with Crippen LogP contribution in [0.25, 0.3) is 0 Å². The van der Waals surface area contributed by atoms with Crippen LogP contribution >= 0.6 is 15.9 Å². The standard InChI is InChI=1S/C15H17BrFNO/c1-9-6-13(11(3)19-9)10(2)18-8-12-4-5-14(16)15(17)7-12/h4-7,10,18H,8H2,1-3H3. The highest BCUT2D eigenvalue weighted by Gasteiger charge is 2.12. The third-order valence-corrected chi connectivity index (χ3v) is 3.79. The monoisotopic (exact) mass is 325 g/mol. The van der Waals surface area contributed by atoms with Crippen LogP contribution in [-0.2, 0) is 6.54 Å². The molecule has 1 aromatic carbocycles. The average Bonchev–Trinajstić information content (AvgIpc) is 2.70. The van der Waals surface area contributed by atoms with Gasteiger partial charge in [-0.1, -0.05) is 6.07 Å². The number of furan rings is 1. The molecule has 0 aliphatic heterocycles. The molecule has 0 amide bonds. The lowest BCUT2D eigenvalue weighted by Gasteiger charge is -2.13. The molecule has 1 N–H and O–H groups in total. The summed E-state index contributed by atoms with van der Waals surface area (Å²) in [5.41, 5.74) is 2.07. The second-order valence-corrected chi connectivity index (χ2v) is 5.57. The van der Waals surface area contributed by atoms with Crippen molar-refractivity contribution in [3.63, 3.8) is 0 Å². The Hall–Kier alpha value is -1.13. The van der Waals surface area contributed by atoms with Gasteiger partial charge in [0.2, 0.25) is 0 Å². The molecule has 1 atom stereocenters. The summed E-state index contributed by atoms with van der Waals surface area (Å²) in [6, 6.07) is 7.38. The Morgan fingerprint density at radius 2 is 2.05 bits per heavy atom. The molecule has 0 saturated carbocycles. The van der Waals surface area contributed by atoms with Crippen LogP contribution in [0.3, 0.4) is 0 Å². The van der Waals surface area contributed by atoms with Crippen LogP contribution in [-0.4, -0.2) is 0 Å². The van der Waals surface area contributed by atoms with Gasteiger partial charge in [0.15, 0.2) is 0 Å². The molecule has 2 rings (SSSR count). The van der Waals surface area contributed by atoms with E-state index in [0.29, 0.717) is 11.0 Å². The Kier molecular flexibility index (Phi) is 4.42. The van der Waals surface area contributed by atoms with Gasteiger partial charge in [0, 0.05) is 18.2 Å². The molecule has 0 aliphatic rings. The fourth-order valence-electron chi connectivity index (χ4n) is 2.11. The van der Waals surface area contributed by atoms with Crippen LogP contribution in [0.2, 0.25) is 0 Å². The van der Waals surface area contributed by atoms with Crippen molar-refractivity contribution in [1.82, 2.24) is 5.32 Å². The van der Waals surface area contributed by atoms with E-state index in [1.807, 2.05) is 26.0 Å². The van der Waals surface area contributed by atoms with Gasteiger partial charge in [-0.25, -0.2) is 4.39 Å². The second-order valence-electron chi connectivity index (χ2n) is 4.72. The number of aryl methyl sites for hydroxylation is 2. The predicted octanol–water partition coefficient (Wildman–Crippen LogP) is 4.65. The molecular formula is C15H17BrFNO. The van der Waals surface area contributed by atoms with Gasteiger partial charge in [0.05, 0.1) is 4.47 Å². The van der Waals surface area contributed by atoms with Crippen molar-refractivity contribution in [3.05, 3.63) is 57.2 Å². The summed E-state index contributed by atoms with van der Waals surface area (Å²) in [7, 11) is 0. The number of rotatable bonds is 4. The maximum Gasteiger partial charge on any atom is 0.137 e. The van der Waals surface area contributed by atoms with E-state index in [2.05, 4.69) is 28.2 Å². The molecule has 1 heterocycles. The van der Waals surface area contributed by atoms with Crippen LogP contribution in [0, 0.1) is 19.7 Å². The molecule has 0 saturated heterocycles. The van der Waals surface area contributed by atoms with E-state index in [-0.39, 0.29) is 11.9 Å². The minimum atomic E-state index is -0.234. The van der Waals surface area contributed by atoms with E-state index in [0.717, 1.165) is 22.6 Å². The summed E-state index contributed by atoms with van der Waals surface area (Å²) >= 11 is 3.15. The average molecular weight is 326 g/mol. The van der Waals surface area contributed by atoms with Gasteiger partial charge < -0.3 is 9.73 Å². The summed E-state index contributed by atoms with van der Waals surface area (Å²) < 4.78 is 19.4. The van der Waals surface area contributed by atoms with Gasteiger partial charge >= 0.3 is 0 Å². The topological polar surface area (TPSA) is 25.2 Å². The molecule has 102 valence electrons. The van der Waals surface area contributed by atoms with E-state index in [1.54, 1.807) is 6.07 Å². The first-order valence-corrected chi connectivity index (χ1v) is 7.01. The molecule has 4 heteroatoms. The first-order valence-electron chi connectivity index (χ1n) is 6.21. The van der Waals surface area contributed by atoms with Gasteiger partial charge in [-0.15, -0.1) is 0 Å². The molecule has 2 nitrogen and oxygen atoms in total. The van der Waals surface area contributed by atoms with Crippen LogP contribution in [0.5, 0.6) is 0 Å². The Bertz CT molecular complexity index is 580. The van der Waals surface area contributed by atoms with Crippen molar-refractivity contribution in [2.24, 2.45) is 0 Å². The SMILES string of the molecule is Cc1cc(C(C)NCc2ccc(Br)c(F)c2)c(C)o1. The fraction of sp³-hybridized carbons (Fsp3) is 0.333. The van der Waals surface area contributed by atoms with Crippen molar-refractivity contribution < 1.29 is 8.81 Å². The van der Waals surface area contributed by atoms with Crippen molar-refractivity contribution in [3.8, 4) is 0 Å². The molecule has 0 spiro atoms. The van der Waals surface area contributed by atoms with E-state index < -0.39 is 0 Å². The zero-order valence-corrected chi connectivity index (χ0v) is 12.8. The molecule has 0 bridgehead atoms. The van der Waals surface area contributed by atoms with Gasteiger partial charge in [-0.3, -0.25) is 0 Å². The molecule has 0 aliphatic carbocycles. The smallest absolute Gasteiger partial charge is 0.137 e. The molecule has 0 fully saturated rings. The first-order chi connectivity index (χ1) is 8.97.